The molecule has 0 spiro atoms. The number of piperazine rings is 1. The lowest BCUT2D eigenvalue weighted by molar-refractivity contribution is 0.183. The monoisotopic (exact) mass is 295 g/mol. The number of likely N-dealkylation sites (N-methyl/N-ethyl adjacent to an activating group) is 1. The third-order valence-electron chi connectivity index (χ3n) is 4.30. The van der Waals surface area contributed by atoms with Gasteiger partial charge in [0.25, 0.3) is 0 Å². The van der Waals surface area contributed by atoms with Gasteiger partial charge in [-0.25, -0.2) is 4.39 Å². The van der Waals surface area contributed by atoms with E-state index in [1.165, 1.54) is 7.11 Å². The van der Waals surface area contributed by atoms with Crippen LogP contribution >= 0.6 is 0 Å². The van der Waals surface area contributed by atoms with Gasteiger partial charge in [0.1, 0.15) is 0 Å². The molecular formula is C16H26FN3O. The molecule has 1 heterocycles. The number of methoxy groups -OCH3 is 1. The number of nitrogens with one attached hydrogen (secondary N) is 1. The molecule has 0 aromatic heterocycles. The lowest BCUT2D eigenvalue weighted by Gasteiger charge is -2.31. The molecule has 0 bridgehead atoms. The van der Waals surface area contributed by atoms with Crippen LogP contribution in [0.2, 0.25) is 0 Å². The lowest BCUT2D eigenvalue weighted by atomic mass is 10.1. The maximum absolute atomic E-state index is 13.8. The van der Waals surface area contributed by atoms with Crippen LogP contribution in [0.1, 0.15) is 18.5 Å². The summed E-state index contributed by atoms with van der Waals surface area (Å²) in [5.74, 6) is 0.00627. The zero-order valence-corrected chi connectivity index (χ0v) is 13.2. The second-order valence-corrected chi connectivity index (χ2v) is 5.64. The highest BCUT2D eigenvalue weighted by atomic mass is 19.1. The first kappa shape index (κ1) is 16.2. The molecule has 21 heavy (non-hydrogen) atoms. The Morgan fingerprint density at radius 1 is 1.38 bits per heavy atom. The highest BCUT2D eigenvalue weighted by Gasteiger charge is 2.16. The first-order chi connectivity index (χ1) is 10.1. The van der Waals surface area contributed by atoms with Crippen molar-refractivity contribution in [3.05, 3.63) is 29.6 Å². The molecule has 1 aliphatic rings. The standard InChI is InChI=1S/C16H26FN3O/c1-13(14-4-5-16(21-3)15(17)12-14)19(2)10-11-20-8-6-18-7-9-20/h4-5,12-13,18H,6-11H2,1-3H3. The minimum atomic E-state index is -0.294. The minimum Gasteiger partial charge on any atom is -0.494 e. The summed E-state index contributed by atoms with van der Waals surface area (Å²) in [6, 6.07) is 5.40. The van der Waals surface area contributed by atoms with Crippen LogP contribution in [0.3, 0.4) is 0 Å². The first-order valence-corrected chi connectivity index (χ1v) is 7.58. The Morgan fingerprint density at radius 2 is 2.10 bits per heavy atom. The molecule has 1 aromatic rings. The third kappa shape index (κ3) is 4.40. The highest BCUT2D eigenvalue weighted by molar-refractivity contribution is 5.30. The van der Waals surface area contributed by atoms with Crippen LogP contribution in [-0.4, -0.2) is 63.2 Å². The van der Waals surface area contributed by atoms with Gasteiger partial charge in [-0.1, -0.05) is 6.07 Å². The van der Waals surface area contributed by atoms with Crippen molar-refractivity contribution >= 4 is 0 Å². The van der Waals surface area contributed by atoms with Gasteiger partial charge in [0.05, 0.1) is 7.11 Å². The van der Waals surface area contributed by atoms with Gasteiger partial charge < -0.3 is 10.1 Å². The highest BCUT2D eigenvalue weighted by Crippen LogP contribution is 2.24. The van der Waals surface area contributed by atoms with Gasteiger partial charge in [-0.3, -0.25) is 9.80 Å². The summed E-state index contributed by atoms with van der Waals surface area (Å²) in [7, 11) is 3.58. The number of hydrogen-bond acceptors (Lipinski definition) is 4. The van der Waals surface area contributed by atoms with Crippen molar-refractivity contribution in [1.29, 1.82) is 0 Å². The fourth-order valence-electron chi connectivity index (χ4n) is 2.62. The van der Waals surface area contributed by atoms with Crippen LogP contribution in [0, 0.1) is 5.82 Å². The van der Waals surface area contributed by atoms with E-state index in [1.807, 2.05) is 6.07 Å². The third-order valence-corrected chi connectivity index (χ3v) is 4.30. The Labute approximate surface area is 126 Å². The van der Waals surface area contributed by atoms with Crippen LogP contribution in [0.25, 0.3) is 0 Å². The molecule has 2 rings (SSSR count). The van der Waals surface area contributed by atoms with E-state index in [0.717, 1.165) is 44.8 Å². The van der Waals surface area contributed by atoms with E-state index < -0.39 is 0 Å². The SMILES string of the molecule is COc1ccc(C(C)N(C)CCN2CCNCC2)cc1F. The maximum atomic E-state index is 13.8. The van der Waals surface area contributed by atoms with Crippen LogP contribution in [0.4, 0.5) is 4.39 Å². The largest absolute Gasteiger partial charge is 0.494 e. The van der Waals surface area contributed by atoms with E-state index in [4.69, 9.17) is 4.74 Å². The Hall–Kier alpha value is -1.17. The number of benzene rings is 1. The molecular weight excluding hydrogens is 269 g/mol. The Balaban J connectivity index is 1.88. The van der Waals surface area contributed by atoms with Crippen molar-refractivity contribution in [3.63, 3.8) is 0 Å². The summed E-state index contributed by atoms with van der Waals surface area (Å²) in [5, 5.41) is 3.36. The van der Waals surface area contributed by atoms with Crippen LogP contribution in [0.5, 0.6) is 5.75 Å². The molecule has 1 unspecified atom stereocenters. The van der Waals surface area contributed by atoms with Crippen LogP contribution in [0.15, 0.2) is 18.2 Å². The summed E-state index contributed by atoms with van der Waals surface area (Å²) in [6.45, 7) is 8.51. The van der Waals surface area contributed by atoms with Crippen molar-refractivity contribution in [1.82, 2.24) is 15.1 Å². The van der Waals surface area contributed by atoms with Crippen molar-refractivity contribution in [2.75, 3.05) is 53.4 Å². The molecule has 1 aromatic carbocycles. The number of halogens is 1. The maximum Gasteiger partial charge on any atom is 0.165 e. The summed E-state index contributed by atoms with van der Waals surface area (Å²) in [4.78, 5) is 4.73. The Kier molecular flexibility index (Phi) is 5.96. The van der Waals surface area contributed by atoms with Crippen molar-refractivity contribution in [3.8, 4) is 5.75 Å². The van der Waals surface area contributed by atoms with Crippen LogP contribution in [-0.2, 0) is 0 Å². The number of nitrogens with zero attached hydrogens (tertiary/aromatic N) is 2. The van der Waals surface area contributed by atoms with E-state index in [0.29, 0.717) is 5.75 Å². The lowest BCUT2D eigenvalue weighted by Crippen LogP contribution is -2.46. The van der Waals surface area contributed by atoms with E-state index in [9.17, 15) is 4.39 Å². The molecule has 1 atom stereocenters. The molecule has 1 saturated heterocycles. The predicted octanol–water partition coefficient (Wildman–Crippen LogP) is 1.73. The number of rotatable bonds is 6. The van der Waals surface area contributed by atoms with Crippen molar-refractivity contribution < 1.29 is 9.13 Å². The second-order valence-electron chi connectivity index (χ2n) is 5.64. The molecule has 0 saturated carbocycles. The van der Waals surface area contributed by atoms with E-state index >= 15 is 0 Å². The minimum absolute atomic E-state index is 0.188. The zero-order valence-electron chi connectivity index (χ0n) is 13.2. The van der Waals surface area contributed by atoms with Gasteiger partial charge in [0.15, 0.2) is 11.6 Å². The summed E-state index contributed by atoms with van der Waals surface area (Å²) < 4.78 is 18.8. The van der Waals surface area contributed by atoms with E-state index in [1.54, 1.807) is 12.1 Å². The average molecular weight is 295 g/mol. The summed E-state index contributed by atoms with van der Waals surface area (Å²) >= 11 is 0. The van der Waals surface area contributed by atoms with Gasteiger partial charge in [-0.2, -0.15) is 0 Å². The summed E-state index contributed by atoms with van der Waals surface area (Å²) in [6.07, 6.45) is 0. The summed E-state index contributed by atoms with van der Waals surface area (Å²) in [5.41, 5.74) is 0.983. The van der Waals surface area contributed by atoms with Gasteiger partial charge in [0, 0.05) is 45.3 Å². The molecule has 5 heteroatoms. The molecule has 4 nitrogen and oxygen atoms in total. The first-order valence-electron chi connectivity index (χ1n) is 7.58. The molecule has 1 aliphatic heterocycles. The van der Waals surface area contributed by atoms with Gasteiger partial charge in [-0.15, -0.1) is 0 Å². The smallest absolute Gasteiger partial charge is 0.165 e. The Morgan fingerprint density at radius 3 is 2.71 bits per heavy atom. The molecule has 1 N–H and O–H groups in total. The second kappa shape index (κ2) is 7.73. The topological polar surface area (TPSA) is 27.7 Å². The normalized spacial score (nSPS) is 18.0. The molecule has 0 amide bonds. The van der Waals surface area contributed by atoms with Gasteiger partial charge in [-0.05, 0) is 31.7 Å². The predicted molar refractivity (Wildman–Crippen MR) is 83.3 cm³/mol. The van der Waals surface area contributed by atoms with Crippen LogP contribution < -0.4 is 10.1 Å². The zero-order chi connectivity index (χ0) is 15.2. The molecule has 0 radical (unpaired) electrons. The quantitative estimate of drug-likeness (QED) is 0.865. The molecule has 1 fully saturated rings. The average Bonchev–Trinajstić information content (AvgIpc) is 2.52. The van der Waals surface area contributed by atoms with E-state index in [2.05, 4.69) is 29.1 Å². The molecule has 118 valence electrons. The molecule has 0 aliphatic carbocycles. The van der Waals surface area contributed by atoms with Gasteiger partial charge >= 0.3 is 0 Å². The van der Waals surface area contributed by atoms with E-state index in [-0.39, 0.29) is 11.9 Å². The fourth-order valence-corrected chi connectivity index (χ4v) is 2.62. The van der Waals surface area contributed by atoms with Gasteiger partial charge in [0.2, 0.25) is 0 Å². The Bertz CT molecular complexity index is 449. The van der Waals surface area contributed by atoms with Crippen molar-refractivity contribution in [2.24, 2.45) is 0 Å². The van der Waals surface area contributed by atoms with Crippen molar-refractivity contribution in [2.45, 2.75) is 13.0 Å². The number of ether oxygens (including phenoxy) is 1. The fraction of sp³-hybridized carbons (Fsp3) is 0.625. The number of hydrogen-bond donors (Lipinski definition) is 1.